The van der Waals surface area contributed by atoms with Gasteiger partial charge in [-0.25, -0.2) is 19.1 Å². The van der Waals surface area contributed by atoms with Crippen LogP contribution in [0.5, 0.6) is 5.75 Å². The summed E-state index contributed by atoms with van der Waals surface area (Å²) >= 11 is 0. The van der Waals surface area contributed by atoms with Crippen molar-refractivity contribution in [2.24, 2.45) is 0 Å². The molecule has 0 aliphatic carbocycles. The molecule has 2 aromatic carbocycles. The molecule has 2 N–H and O–H groups in total. The number of methoxy groups -OCH3 is 1. The number of urea groups is 1. The Morgan fingerprint density at radius 1 is 1.03 bits per heavy atom. The average molecular weight is 476 g/mol. The van der Waals surface area contributed by atoms with Gasteiger partial charge in [0.05, 0.1) is 48.5 Å². The minimum Gasteiger partial charge on any atom is -0.497 e. The third-order valence-corrected chi connectivity index (χ3v) is 5.28. The van der Waals surface area contributed by atoms with Gasteiger partial charge in [0.1, 0.15) is 12.4 Å². The van der Waals surface area contributed by atoms with Crippen LogP contribution < -0.4 is 15.4 Å². The minimum atomic E-state index is -0.803. The van der Waals surface area contributed by atoms with Crippen molar-refractivity contribution in [3.05, 3.63) is 89.4 Å². The van der Waals surface area contributed by atoms with Gasteiger partial charge in [-0.05, 0) is 36.8 Å². The molecule has 0 saturated heterocycles. The van der Waals surface area contributed by atoms with Crippen LogP contribution in [0.25, 0.3) is 5.69 Å². The van der Waals surface area contributed by atoms with Gasteiger partial charge in [-0.1, -0.05) is 30.3 Å². The lowest BCUT2D eigenvalue weighted by Crippen LogP contribution is -2.47. The lowest BCUT2D eigenvalue weighted by atomic mass is 9.95. The summed E-state index contributed by atoms with van der Waals surface area (Å²) in [6.07, 6.45) is 2.93. The molecule has 0 radical (unpaired) electrons. The molecule has 1 aromatic heterocycles. The number of esters is 2. The maximum atomic E-state index is 12.8. The Hall–Kier alpha value is -4.60. The summed E-state index contributed by atoms with van der Waals surface area (Å²) in [5.41, 5.74) is 1.92. The van der Waals surface area contributed by atoms with Gasteiger partial charge in [0.15, 0.2) is 0 Å². The number of ether oxygens (including phenoxy) is 3. The molecule has 1 unspecified atom stereocenters. The van der Waals surface area contributed by atoms with Gasteiger partial charge < -0.3 is 24.8 Å². The Bertz CT molecular complexity index is 1250. The highest BCUT2D eigenvalue weighted by Crippen LogP contribution is 2.29. The van der Waals surface area contributed by atoms with Crippen LogP contribution in [0.15, 0.2) is 78.3 Å². The highest BCUT2D eigenvalue weighted by molar-refractivity contribution is 5.95. The van der Waals surface area contributed by atoms with Gasteiger partial charge >= 0.3 is 18.0 Å². The maximum absolute atomic E-state index is 12.8. The normalized spacial score (nSPS) is 15.1. The molecular formula is C25H24N4O6. The summed E-state index contributed by atoms with van der Waals surface area (Å²) in [4.78, 5) is 37.9. The van der Waals surface area contributed by atoms with Crippen LogP contribution in [0.4, 0.5) is 4.79 Å². The molecule has 1 aliphatic rings. The van der Waals surface area contributed by atoms with Gasteiger partial charge in [-0.2, -0.15) is 5.10 Å². The van der Waals surface area contributed by atoms with Gasteiger partial charge in [0.25, 0.3) is 0 Å². The zero-order valence-corrected chi connectivity index (χ0v) is 19.2. The molecule has 2 heterocycles. The van der Waals surface area contributed by atoms with Gasteiger partial charge in [0, 0.05) is 6.20 Å². The van der Waals surface area contributed by atoms with E-state index in [1.807, 2.05) is 30.3 Å². The Morgan fingerprint density at radius 2 is 1.77 bits per heavy atom. The molecule has 0 fully saturated rings. The Kier molecular flexibility index (Phi) is 7.10. The smallest absolute Gasteiger partial charge is 0.341 e. The molecule has 2 amide bonds. The number of rotatable bonds is 8. The summed E-state index contributed by atoms with van der Waals surface area (Å²) in [6, 6.07) is 14.9. The third-order valence-electron chi connectivity index (χ3n) is 5.28. The largest absolute Gasteiger partial charge is 0.497 e. The number of nitrogens with one attached hydrogen (secondary N) is 2. The highest BCUT2D eigenvalue weighted by atomic mass is 16.5. The van der Waals surface area contributed by atoms with Crippen molar-refractivity contribution in [3.8, 4) is 11.4 Å². The molecule has 180 valence electrons. The van der Waals surface area contributed by atoms with Crippen LogP contribution >= 0.6 is 0 Å². The van der Waals surface area contributed by atoms with Crippen LogP contribution in [-0.2, 0) is 14.3 Å². The topological polar surface area (TPSA) is 121 Å². The quantitative estimate of drug-likeness (QED) is 0.480. The van der Waals surface area contributed by atoms with E-state index in [1.165, 1.54) is 6.20 Å². The SMILES string of the molecule is CCOC(=O)C1=C(COC(=O)c2cnn(-c3ccccc3)c2)NC(=O)NC1c1ccc(OC)cc1. The summed E-state index contributed by atoms with van der Waals surface area (Å²) < 4.78 is 17.4. The monoisotopic (exact) mass is 476 g/mol. The molecular weight excluding hydrogens is 452 g/mol. The molecule has 3 aromatic rings. The van der Waals surface area contributed by atoms with Crippen molar-refractivity contribution in [2.75, 3.05) is 20.3 Å². The van der Waals surface area contributed by atoms with Crippen LogP contribution in [0, 0.1) is 0 Å². The Labute approximate surface area is 201 Å². The zero-order chi connectivity index (χ0) is 24.8. The van der Waals surface area contributed by atoms with Gasteiger partial charge in [-0.3, -0.25) is 0 Å². The van der Waals surface area contributed by atoms with E-state index in [0.29, 0.717) is 11.3 Å². The van der Waals surface area contributed by atoms with E-state index in [0.717, 1.165) is 5.69 Å². The number of aromatic nitrogens is 2. The van der Waals surface area contributed by atoms with E-state index < -0.39 is 24.0 Å². The number of hydrogen-bond donors (Lipinski definition) is 2. The lowest BCUT2D eigenvalue weighted by Gasteiger charge is -2.29. The number of hydrogen-bond acceptors (Lipinski definition) is 7. The number of amides is 2. The fraction of sp³-hybridized carbons (Fsp3) is 0.200. The first-order valence-corrected chi connectivity index (χ1v) is 10.9. The standard InChI is InChI=1S/C25H24N4O6/c1-3-34-24(31)21-20(27-25(32)28-22(21)16-9-11-19(33-2)12-10-16)15-35-23(30)17-13-26-29(14-17)18-7-5-4-6-8-18/h4-14,22H,3,15H2,1-2H3,(H2,27,28,32). The van der Waals surface area contributed by atoms with E-state index in [-0.39, 0.29) is 30.0 Å². The molecule has 4 rings (SSSR count). The first-order chi connectivity index (χ1) is 17.0. The van der Waals surface area contributed by atoms with E-state index >= 15 is 0 Å². The number of nitrogens with zero attached hydrogens (tertiary/aromatic N) is 2. The van der Waals surface area contributed by atoms with Crippen LogP contribution in [0.1, 0.15) is 28.9 Å². The van der Waals surface area contributed by atoms with Crippen molar-refractivity contribution >= 4 is 18.0 Å². The van der Waals surface area contributed by atoms with E-state index in [4.69, 9.17) is 14.2 Å². The van der Waals surface area contributed by atoms with Crippen LogP contribution in [0.3, 0.4) is 0 Å². The van der Waals surface area contributed by atoms with E-state index in [9.17, 15) is 14.4 Å². The Balaban J connectivity index is 1.58. The fourth-order valence-corrected chi connectivity index (χ4v) is 3.60. The predicted octanol–water partition coefficient (Wildman–Crippen LogP) is 2.91. The molecule has 35 heavy (non-hydrogen) atoms. The van der Waals surface area contributed by atoms with Crippen LogP contribution in [-0.4, -0.2) is 48.1 Å². The van der Waals surface area contributed by atoms with E-state index in [2.05, 4.69) is 15.7 Å². The van der Waals surface area contributed by atoms with Crippen molar-refractivity contribution in [3.63, 3.8) is 0 Å². The van der Waals surface area contributed by atoms with Gasteiger partial charge in [0.2, 0.25) is 0 Å². The summed E-state index contributed by atoms with van der Waals surface area (Å²) in [5, 5.41) is 9.49. The first-order valence-electron chi connectivity index (χ1n) is 10.9. The molecule has 0 spiro atoms. The maximum Gasteiger partial charge on any atom is 0.341 e. The molecule has 0 bridgehead atoms. The predicted molar refractivity (Wildman–Crippen MR) is 125 cm³/mol. The van der Waals surface area contributed by atoms with Crippen LogP contribution in [0.2, 0.25) is 0 Å². The van der Waals surface area contributed by atoms with Crippen molar-refractivity contribution in [2.45, 2.75) is 13.0 Å². The zero-order valence-electron chi connectivity index (χ0n) is 19.2. The number of para-hydroxylation sites is 1. The van der Waals surface area contributed by atoms with Gasteiger partial charge in [-0.15, -0.1) is 0 Å². The van der Waals surface area contributed by atoms with Crippen molar-refractivity contribution < 1.29 is 28.6 Å². The molecule has 10 heteroatoms. The molecule has 1 atom stereocenters. The minimum absolute atomic E-state index is 0.136. The summed E-state index contributed by atoms with van der Waals surface area (Å²) in [5.74, 6) is -0.665. The number of benzene rings is 2. The Morgan fingerprint density at radius 3 is 2.46 bits per heavy atom. The average Bonchev–Trinajstić information content (AvgIpc) is 3.38. The molecule has 10 nitrogen and oxygen atoms in total. The summed E-state index contributed by atoms with van der Waals surface area (Å²) in [7, 11) is 1.54. The molecule has 1 aliphatic heterocycles. The van der Waals surface area contributed by atoms with Crippen molar-refractivity contribution in [1.82, 2.24) is 20.4 Å². The highest BCUT2D eigenvalue weighted by Gasteiger charge is 2.34. The third kappa shape index (κ3) is 5.32. The fourth-order valence-electron chi connectivity index (χ4n) is 3.60. The van der Waals surface area contributed by atoms with E-state index in [1.54, 1.807) is 49.2 Å². The second kappa shape index (κ2) is 10.6. The summed E-state index contributed by atoms with van der Waals surface area (Å²) in [6.45, 7) is 1.47. The number of carbonyl (C=O) groups excluding carboxylic acids is 3. The first kappa shape index (κ1) is 23.6. The second-order valence-electron chi connectivity index (χ2n) is 7.50. The lowest BCUT2D eigenvalue weighted by molar-refractivity contribution is -0.139. The second-order valence-corrected chi connectivity index (χ2v) is 7.50. The number of carbonyl (C=O) groups is 3. The molecule has 0 saturated carbocycles. The van der Waals surface area contributed by atoms with Crippen molar-refractivity contribution in [1.29, 1.82) is 0 Å².